The number of rotatable bonds is 2. The van der Waals surface area contributed by atoms with Crippen LogP contribution in [0.2, 0.25) is 0 Å². The minimum absolute atomic E-state index is 0.472. The summed E-state index contributed by atoms with van der Waals surface area (Å²) in [5.41, 5.74) is 0.472. The van der Waals surface area contributed by atoms with Crippen LogP contribution in [0.25, 0.3) is 0 Å². The molecule has 0 radical (unpaired) electrons. The number of hydrogen-bond donors (Lipinski definition) is 1. The molecule has 0 saturated heterocycles. The fourth-order valence-electron chi connectivity index (χ4n) is 3.38. The molecule has 0 amide bonds. The minimum Gasteiger partial charge on any atom is -0.309 e. The summed E-state index contributed by atoms with van der Waals surface area (Å²) in [6, 6.07) is 0.646. The van der Waals surface area contributed by atoms with Gasteiger partial charge in [-0.2, -0.15) is 0 Å². The second-order valence-electron chi connectivity index (χ2n) is 5.47. The van der Waals surface area contributed by atoms with Crippen molar-refractivity contribution in [3.8, 4) is 0 Å². The van der Waals surface area contributed by atoms with E-state index in [2.05, 4.69) is 26.1 Å². The molecule has 0 aromatic heterocycles. The van der Waals surface area contributed by atoms with Crippen molar-refractivity contribution in [2.45, 2.75) is 58.0 Å². The molecule has 3 rings (SSSR count). The first kappa shape index (κ1) is 8.55. The summed E-state index contributed by atoms with van der Waals surface area (Å²) in [4.78, 5) is 0. The Morgan fingerprint density at radius 3 is 2.08 bits per heavy atom. The molecule has 0 heterocycles. The van der Waals surface area contributed by atoms with Gasteiger partial charge in [-0.1, -0.05) is 13.8 Å². The van der Waals surface area contributed by atoms with Gasteiger partial charge in [-0.05, 0) is 44.4 Å². The lowest BCUT2D eigenvalue weighted by Gasteiger charge is -2.52. The summed E-state index contributed by atoms with van der Waals surface area (Å²) in [5, 5.41) is 3.72. The molecule has 0 aliphatic heterocycles. The highest BCUT2D eigenvalue weighted by atomic mass is 15.0. The predicted octanol–water partition coefficient (Wildman–Crippen LogP) is 2.56. The molecule has 12 heavy (non-hydrogen) atoms. The van der Waals surface area contributed by atoms with Gasteiger partial charge in [0.2, 0.25) is 0 Å². The Bertz CT molecular complexity index is 152. The summed E-state index contributed by atoms with van der Waals surface area (Å²) in [7, 11) is 0. The van der Waals surface area contributed by atoms with E-state index >= 15 is 0 Å². The topological polar surface area (TPSA) is 12.0 Å². The van der Waals surface area contributed by atoms with Crippen LogP contribution in [0.1, 0.15) is 46.5 Å². The van der Waals surface area contributed by atoms with Crippen LogP contribution in [0, 0.1) is 11.8 Å². The Balaban J connectivity index is 1.93. The molecule has 0 unspecified atom stereocenters. The van der Waals surface area contributed by atoms with Crippen LogP contribution in [0.15, 0.2) is 0 Å². The molecule has 2 bridgehead atoms. The molecule has 0 aromatic carbocycles. The molecule has 70 valence electrons. The number of fused-ring (bicyclic) bond motifs is 2. The molecule has 0 aromatic rings. The van der Waals surface area contributed by atoms with E-state index in [1.807, 2.05) is 0 Å². The van der Waals surface area contributed by atoms with Crippen molar-refractivity contribution in [1.82, 2.24) is 5.32 Å². The van der Waals surface area contributed by atoms with Crippen molar-refractivity contribution < 1.29 is 0 Å². The lowest BCUT2D eigenvalue weighted by Crippen LogP contribution is -2.55. The van der Waals surface area contributed by atoms with Crippen molar-refractivity contribution in [2.75, 3.05) is 0 Å². The first-order valence-corrected chi connectivity index (χ1v) is 5.35. The molecule has 3 aliphatic carbocycles. The van der Waals surface area contributed by atoms with E-state index in [0.717, 1.165) is 11.8 Å². The maximum atomic E-state index is 3.72. The van der Waals surface area contributed by atoms with Crippen LogP contribution in [-0.2, 0) is 0 Å². The van der Waals surface area contributed by atoms with Crippen molar-refractivity contribution in [2.24, 2.45) is 11.8 Å². The fraction of sp³-hybridized carbons (Fsp3) is 1.00. The first-order chi connectivity index (χ1) is 5.57. The maximum Gasteiger partial charge on any atom is 0.0161 e. The van der Waals surface area contributed by atoms with E-state index in [1.54, 1.807) is 0 Å². The van der Waals surface area contributed by atoms with E-state index in [1.165, 1.54) is 25.7 Å². The second kappa shape index (κ2) is 2.73. The van der Waals surface area contributed by atoms with Crippen LogP contribution < -0.4 is 5.32 Å². The summed E-state index contributed by atoms with van der Waals surface area (Å²) in [6.07, 6.45) is 5.88. The monoisotopic (exact) mass is 167 g/mol. The van der Waals surface area contributed by atoms with Crippen LogP contribution in [0.3, 0.4) is 0 Å². The minimum atomic E-state index is 0.472. The van der Waals surface area contributed by atoms with E-state index in [9.17, 15) is 0 Å². The van der Waals surface area contributed by atoms with E-state index in [0.29, 0.717) is 11.6 Å². The quantitative estimate of drug-likeness (QED) is 0.666. The molecule has 0 atom stereocenters. The highest BCUT2D eigenvalue weighted by molar-refractivity contribution is 5.00. The van der Waals surface area contributed by atoms with Crippen LogP contribution >= 0.6 is 0 Å². The first-order valence-electron chi connectivity index (χ1n) is 5.35. The van der Waals surface area contributed by atoms with Crippen LogP contribution in [0.5, 0.6) is 0 Å². The molecular formula is C11H21N. The van der Waals surface area contributed by atoms with Gasteiger partial charge < -0.3 is 5.32 Å². The van der Waals surface area contributed by atoms with Gasteiger partial charge in [0.25, 0.3) is 0 Å². The van der Waals surface area contributed by atoms with Crippen molar-refractivity contribution in [3.63, 3.8) is 0 Å². The summed E-state index contributed by atoms with van der Waals surface area (Å²) in [5.74, 6) is 2.11. The van der Waals surface area contributed by atoms with E-state index < -0.39 is 0 Å². The number of hydrogen-bond acceptors (Lipinski definition) is 1. The highest BCUT2D eigenvalue weighted by Crippen LogP contribution is 2.49. The molecular weight excluding hydrogens is 146 g/mol. The van der Waals surface area contributed by atoms with Crippen molar-refractivity contribution >= 4 is 0 Å². The molecule has 3 saturated carbocycles. The summed E-state index contributed by atoms with van der Waals surface area (Å²) in [6.45, 7) is 6.92. The Morgan fingerprint density at radius 2 is 1.67 bits per heavy atom. The van der Waals surface area contributed by atoms with Gasteiger partial charge in [0.1, 0.15) is 0 Å². The third kappa shape index (κ3) is 1.52. The molecule has 3 fully saturated rings. The Morgan fingerprint density at radius 1 is 1.17 bits per heavy atom. The van der Waals surface area contributed by atoms with Gasteiger partial charge >= 0.3 is 0 Å². The van der Waals surface area contributed by atoms with E-state index in [4.69, 9.17) is 0 Å². The van der Waals surface area contributed by atoms with E-state index in [-0.39, 0.29) is 0 Å². The highest BCUT2D eigenvalue weighted by Gasteiger charge is 2.44. The third-order valence-corrected chi connectivity index (χ3v) is 3.45. The Hall–Kier alpha value is -0.0400. The predicted molar refractivity (Wildman–Crippen MR) is 52.1 cm³/mol. The lowest BCUT2D eigenvalue weighted by atomic mass is 9.59. The SMILES string of the molecule is CC(C)NC1(C)CC2CC(C2)C1. The van der Waals surface area contributed by atoms with Crippen LogP contribution in [-0.4, -0.2) is 11.6 Å². The third-order valence-electron chi connectivity index (χ3n) is 3.45. The second-order valence-corrected chi connectivity index (χ2v) is 5.47. The van der Waals surface area contributed by atoms with Gasteiger partial charge in [-0.25, -0.2) is 0 Å². The Labute approximate surface area is 75.9 Å². The zero-order chi connectivity index (χ0) is 8.77. The molecule has 1 nitrogen and oxygen atoms in total. The Kier molecular flexibility index (Phi) is 1.95. The number of nitrogens with one attached hydrogen (secondary N) is 1. The van der Waals surface area contributed by atoms with Gasteiger partial charge in [0.15, 0.2) is 0 Å². The summed E-state index contributed by atoms with van der Waals surface area (Å²) >= 11 is 0. The lowest BCUT2D eigenvalue weighted by molar-refractivity contribution is 0.0332. The molecule has 1 N–H and O–H groups in total. The average Bonchev–Trinajstić information content (AvgIpc) is 1.80. The largest absolute Gasteiger partial charge is 0.309 e. The van der Waals surface area contributed by atoms with Gasteiger partial charge in [-0.3, -0.25) is 0 Å². The van der Waals surface area contributed by atoms with Crippen LogP contribution in [0.4, 0.5) is 0 Å². The molecule has 3 aliphatic rings. The zero-order valence-corrected chi connectivity index (χ0v) is 8.56. The smallest absolute Gasteiger partial charge is 0.0161 e. The van der Waals surface area contributed by atoms with Crippen molar-refractivity contribution in [3.05, 3.63) is 0 Å². The fourth-order valence-corrected chi connectivity index (χ4v) is 3.38. The molecule has 1 heteroatoms. The normalized spacial score (nSPS) is 46.0. The molecule has 0 spiro atoms. The van der Waals surface area contributed by atoms with Gasteiger partial charge in [0.05, 0.1) is 0 Å². The maximum absolute atomic E-state index is 3.72. The average molecular weight is 167 g/mol. The van der Waals surface area contributed by atoms with Gasteiger partial charge in [-0.15, -0.1) is 0 Å². The van der Waals surface area contributed by atoms with Gasteiger partial charge in [0, 0.05) is 11.6 Å². The standard InChI is InChI=1S/C11H21N/c1-8(2)12-11(3)6-9-4-10(5-9)7-11/h8-10,12H,4-7H2,1-3H3. The zero-order valence-electron chi connectivity index (χ0n) is 8.56. The van der Waals surface area contributed by atoms with Crippen molar-refractivity contribution in [1.29, 1.82) is 0 Å². The summed E-state index contributed by atoms with van der Waals surface area (Å²) < 4.78 is 0.